The van der Waals surface area contributed by atoms with Gasteiger partial charge < -0.3 is 10.4 Å². The first kappa shape index (κ1) is 17.1. The van der Waals surface area contributed by atoms with Crippen molar-refractivity contribution in [3.8, 4) is 0 Å². The molecular formula is C18H25N7O. The Kier molecular flexibility index (Phi) is 4.96. The Hall–Kier alpha value is -2.29. The average Bonchev–Trinajstić information content (AvgIpc) is 3.17. The van der Waals surface area contributed by atoms with Crippen molar-refractivity contribution < 1.29 is 5.11 Å². The van der Waals surface area contributed by atoms with Gasteiger partial charge in [0.2, 0.25) is 0 Å². The monoisotopic (exact) mass is 355 g/mol. The van der Waals surface area contributed by atoms with Crippen LogP contribution in [0.25, 0.3) is 11.2 Å². The number of aliphatic imine (C=N–C) groups is 1. The SMILES string of the molecule is CC1C=C(c2cnc3ccc(NCCN4CCNC4O)nn23)C=NCC1. The van der Waals surface area contributed by atoms with Crippen LogP contribution in [0.3, 0.4) is 0 Å². The van der Waals surface area contributed by atoms with Crippen molar-refractivity contribution >= 4 is 23.3 Å². The van der Waals surface area contributed by atoms with E-state index in [2.05, 4.69) is 33.6 Å². The standard InChI is InChI=1S/C18H25N7O/c1-13-4-5-19-11-14(10-13)15-12-22-17-3-2-16(23-25(15)17)20-6-8-24-9-7-21-18(24)26/h2-3,10-13,18,21,26H,4-9H2,1H3,(H,20,23). The van der Waals surface area contributed by atoms with E-state index in [0.29, 0.717) is 12.5 Å². The normalized spacial score (nSPS) is 24.0. The van der Waals surface area contributed by atoms with Gasteiger partial charge in [0.05, 0.1) is 11.9 Å². The van der Waals surface area contributed by atoms with Gasteiger partial charge >= 0.3 is 0 Å². The minimum absolute atomic E-state index is 0.486. The van der Waals surface area contributed by atoms with Crippen molar-refractivity contribution in [2.75, 3.05) is 38.0 Å². The summed E-state index contributed by atoms with van der Waals surface area (Å²) in [6.07, 6.45) is 6.54. The molecule has 4 heterocycles. The molecular weight excluding hydrogens is 330 g/mol. The van der Waals surface area contributed by atoms with E-state index >= 15 is 0 Å². The van der Waals surface area contributed by atoms with Crippen LogP contribution in [0.15, 0.2) is 29.4 Å². The Labute approximate surface area is 152 Å². The largest absolute Gasteiger partial charge is 0.367 e. The van der Waals surface area contributed by atoms with E-state index in [9.17, 15) is 5.11 Å². The van der Waals surface area contributed by atoms with Crippen molar-refractivity contribution in [2.24, 2.45) is 10.9 Å². The zero-order chi connectivity index (χ0) is 17.9. The molecule has 2 aliphatic heterocycles. The maximum Gasteiger partial charge on any atom is 0.163 e. The van der Waals surface area contributed by atoms with Crippen LogP contribution in [0, 0.1) is 5.92 Å². The molecule has 2 atom stereocenters. The second-order valence-electron chi connectivity index (χ2n) is 6.85. The number of hydrogen-bond donors (Lipinski definition) is 3. The molecule has 0 amide bonds. The summed E-state index contributed by atoms with van der Waals surface area (Å²) in [4.78, 5) is 10.9. The quantitative estimate of drug-likeness (QED) is 0.736. The lowest BCUT2D eigenvalue weighted by Crippen LogP contribution is -2.38. The van der Waals surface area contributed by atoms with E-state index in [1.165, 1.54) is 0 Å². The average molecular weight is 355 g/mol. The van der Waals surface area contributed by atoms with Gasteiger partial charge in [0.25, 0.3) is 0 Å². The lowest BCUT2D eigenvalue weighted by molar-refractivity contribution is 0.0249. The zero-order valence-electron chi connectivity index (χ0n) is 15.0. The van der Waals surface area contributed by atoms with Gasteiger partial charge in [-0.3, -0.25) is 15.2 Å². The Bertz CT molecular complexity index is 828. The third-order valence-corrected chi connectivity index (χ3v) is 4.84. The summed E-state index contributed by atoms with van der Waals surface area (Å²) in [5, 5.41) is 20.8. The number of fused-ring (bicyclic) bond motifs is 1. The van der Waals surface area contributed by atoms with Gasteiger partial charge in [-0.25, -0.2) is 9.50 Å². The van der Waals surface area contributed by atoms with Crippen LogP contribution >= 0.6 is 0 Å². The highest BCUT2D eigenvalue weighted by Crippen LogP contribution is 2.20. The van der Waals surface area contributed by atoms with Crippen LogP contribution in [0.5, 0.6) is 0 Å². The molecule has 2 aliphatic rings. The van der Waals surface area contributed by atoms with Gasteiger partial charge in [-0.2, -0.15) is 0 Å². The van der Waals surface area contributed by atoms with E-state index < -0.39 is 6.35 Å². The van der Waals surface area contributed by atoms with Gasteiger partial charge in [0.1, 0.15) is 5.82 Å². The van der Waals surface area contributed by atoms with Gasteiger partial charge in [-0.05, 0) is 24.5 Å². The fraction of sp³-hybridized carbons (Fsp3) is 0.500. The minimum Gasteiger partial charge on any atom is -0.367 e. The minimum atomic E-state index is -0.545. The number of aliphatic hydroxyl groups is 1. The van der Waals surface area contributed by atoms with Crippen LogP contribution < -0.4 is 10.6 Å². The Morgan fingerprint density at radius 1 is 1.38 bits per heavy atom. The van der Waals surface area contributed by atoms with E-state index in [0.717, 1.165) is 55.3 Å². The molecule has 2 aromatic rings. The number of nitrogens with one attached hydrogen (secondary N) is 2. The first-order valence-corrected chi connectivity index (χ1v) is 9.17. The predicted molar refractivity (Wildman–Crippen MR) is 102 cm³/mol. The van der Waals surface area contributed by atoms with E-state index in [-0.39, 0.29) is 0 Å². The number of allylic oxidation sites excluding steroid dienone is 2. The molecule has 8 nitrogen and oxygen atoms in total. The Balaban J connectivity index is 1.51. The first-order chi connectivity index (χ1) is 12.7. The summed E-state index contributed by atoms with van der Waals surface area (Å²) >= 11 is 0. The summed E-state index contributed by atoms with van der Waals surface area (Å²) in [5.41, 5.74) is 2.84. The highest BCUT2D eigenvalue weighted by Gasteiger charge is 2.20. The molecule has 8 heteroatoms. The van der Waals surface area contributed by atoms with Crippen molar-refractivity contribution in [3.63, 3.8) is 0 Å². The molecule has 1 fully saturated rings. The zero-order valence-corrected chi connectivity index (χ0v) is 15.0. The molecule has 2 unspecified atom stereocenters. The molecule has 0 saturated carbocycles. The summed E-state index contributed by atoms with van der Waals surface area (Å²) in [5.74, 6) is 1.28. The molecule has 4 rings (SSSR count). The molecule has 3 N–H and O–H groups in total. The summed E-state index contributed by atoms with van der Waals surface area (Å²) < 4.78 is 1.87. The third-order valence-electron chi connectivity index (χ3n) is 4.84. The number of aliphatic hydroxyl groups excluding tert-OH is 1. The fourth-order valence-electron chi connectivity index (χ4n) is 3.34. The van der Waals surface area contributed by atoms with Gasteiger partial charge in [-0.15, -0.1) is 5.10 Å². The van der Waals surface area contributed by atoms with Crippen LogP contribution in [0.1, 0.15) is 19.0 Å². The number of nitrogens with zero attached hydrogens (tertiary/aromatic N) is 5. The third kappa shape index (κ3) is 3.62. The maximum absolute atomic E-state index is 9.77. The van der Waals surface area contributed by atoms with Crippen LogP contribution in [0.2, 0.25) is 0 Å². The summed E-state index contributed by atoms with van der Waals surface area (Å²) in [6.45, 7) is 6.20. The number of rotatable bonds is 5. The fourth-order valence-corrected chi connectivity index (χ4v) is 3.34. The van der Waals surface area contributed by atoms with Crippen LogP contribution in [-0.4, -0.2) is 69.9 Å². The molecule has 0 radical (unpaired) electrons. The lowest BCUT2D eigenvalue weighted by Gasteiger charge is -2.19. The molecule has 0 aromatic carbocycles. The highest BCUT2D eigenvalue weighted by molar-refractivity contribution is 6.09. The van der Waals surface area contributed by atoms with Crippen LogP contribution in [0.4, 0.5) is 5.82 Å². The maximum atomic E-state index is 9.77. The van der Waals surface area contributed by atoms with E-state index in [4.69, 9.17) is 5.10 Å². The number of anilines is 1. The number of imidazole rings is 1. The van der Waals surface area contributed by atoms with Crippen molar-refractivity contribution in [3.05, 3.63) is 30.1 Å². The van der Waals surface area contributed by atoms with Gasteiger partial charge in [0, 0.05) is 44.5 Å². The molecule has 2 aromatic heterocycles. The molecule has 0 bridgehead atoms. The second-order valence-corrected chi connectivity index (χ2v) is 6.85. The van der Waals surface area contributed by atoms with Crippen molar-refractivity contribution in [1.29, 1.82) is 0 Å². The topological polar surface area (TPSA) is 90.1 Å². The van der Waals surface area contributed by atoms with Crippen molar-refractivity contribution in [2.45, 2.75) is 19.7 Å². The summed E-state index contributed by atoms with van der Waals surface area (Å²) in [7, 11) is 0. The molecule has 1 saturated heterocycles. The van der Waals surface area contributed by atoms with Gasteiger partial charge in [0.15, 0.2) is 12.0 Å². The van der Waals surface area contributed by atoms with E-state index in [1.807, 2.05) is 34.0 Å². The smallest absolute Gasteiger partial charge is 0.163 e. The molecule has 138 valence electrons. The van der Waals surface area contributed by atoms with Gasteiger partial charge in [-0.1, -0.05) is 13.0 Å². The predicted octanol–water partition coefficient (Wildman–Crippen LogP) is 0.816. The van der Waals surface area contributed by atoms with Crippen LogP contribution in [-0.2, 0) is 0 Å². The second kappa shape index (κ2) is 7.53. The Morgan fingerprint density at radius 2 is 2.31 bits per heavy atom. The molecule has 0 aliphatic carbocycles. The van der Waals surface area contributed by atoms with Crippen molar-refractivity contribution in [1.82, 2.24) is 24.8 Å². The van der Waals surface area contributed by atoms with E-state index in [1.54, 1.807) is 0 Å². The number of aromatic nitrogens is 3. The Morgan fingerprint density at radius 3 is 3.15 bits per heavy atom. The lowest BCUT2D eigenvalue weighted by atomic mass is 10.0. The summed E-state index contributed by atoms with van der Waals surface area (Å²) in [6, 6.07) is 3.89. The molecule has 0 spiro atoms. The highest BCUT2D eigenvalue weighted by atomic mass is 16.3. The molecule has 26 heavy (non-hydrogen) atoms. The number of hydrogen-bond acceptors (Lipinski definition) is 7. The first-order valence-electron chi connectivity index (χ1n) is 9.17.